The van der Waals surface area contributed by atoms with E-state index in [9.17, 15) is 18.0 Å². The maximum atomic E-state index is 12.7. The van der Waals surface area contributed by atoms with Gasteiger partial charge in [0, 0.05) is 12.4 Å². The average molecular weight is 230 g/mol. The molecule has 0 saturated carbocycles. The first-order valence-electron chi connectivity index (χ1n) is 4.10. The van der Waals surface area contributed by atoms with Gasteiger partial charge in [0.15, 0.2) is 17.0 Å². The summed E-state index contributed by atoms with van der Waals surface area (Å²) >= 11 is 0. The van der Waals surface area contributed by atoms with Crippen molar-refractivity contribution in [1.82, 2.24) is 14.4 Å². The number of fused-ring (bicyclic) bond motifs is 1. The smallest absolute Gasteiger partial charge is 0.364 e. The van der Waals surface area contributed by atoms with Gasteiger partial charge in [-0.1, -0.05) is 0 Å². The minimum absolute atomic E-state index is 0.0800. The Labute approximate surface area is 86.7 Å². The van der Waals surface area contributed by atoms with E-state index in [1.54, 1.807) is 0 Å². The topological polar surface area (TPSA) is 73.3 Å². The molecule has 1 amide bonds. The van der Waals surface area contributed by atoms with E-state index in [1.165, 1.54) is 0 Å². The highest BCUT2D eigenvalue weighted by Crippen LogP contribution is 2.32. The van der Waals surface area contributed by atoms with Gasteiger partial charge >= 0.3 is 6.18 Å². The molecule has 0 atom stereocenters. The van der Waals surface area contributed by atoms with Gasteiger partial charge in [-0.15, -0.1) is 0 Å². The second kappa shape index (κ2) is 3.19. The number of imidazole rings is 1. The van der Waals surface area contributed by atoms with Gasteiger partial charge in [-0.25, -0.2) is 4.98 Å². The number of rotatable bonds is 1. The van der Waals surface area contributed by atoms with E-state index < -0.39 is 23.5 Å². The number of alkyl halides is 3. The number of halogens is 3. The largest absolute Gasteiger partial charge is 0.434 e. The summed E-state index contributed by atoms with van der Waals surface area (Å²) in [7, 11) is 0. The second-order valence-electron chi connectivity index (χ2n) is 2.98. The third-order valence-electron chi connectivity index (χ3n) is 1.93. The summed E-state index contributed by atoms with van der Waals surface area (Å²) in [5.74, 6) is -1.23. The zero-order valence-electron chi connectivity index (χ0n) is 7.69. The summed E-state index contributed by atoms with van der Waals surface area (Å²) in [5, 5.41) is 0. The molecule has 0 bridgehead atoms. The Hall–Kier alpha value is -2.12. The standard InChI is InChI=1S/C8H5F3N4O/c9-8(10,11)6-5(7(12)16)14-4-3-13-1-2-15(4)6/h1-3H,(H2,12,16). The van der Waals surface area contributed by atoms with Crippen LogP contribution in [0.2, 0.25) is 0 Å². The van der Waals surface area contributed by atoms with Gasteiger partial charge < -0.3 is 5.73 Å². The SMILES string of the molecule is NC(=O)c1nc2cnccn2c1C(F)(F)F. The van der Waals surface area contributed by atoms with Crippen molar-refractivity contribution >= 4 is 11.6 Å². The fourth-order valence-corrected chi connectivity index (χ4v) is 1.35. The molecule has 2 N–H and O–H groups in total. The summed E-state index contributed by atoms with van der Waals surface area (Å²) in [6.45, 7) is 0. The minimum atomic E-state index is -4.70. The van der Waals surface area contributed by atoms with E-state index in [2.05, 4.69) is 9.97 Å². The number of aromatic nitrogens is 3. The number of carbonyl (C=O) groups excluding carboxylic acids is 1. The van der Waals surface area contributed by atoms with E-state index in [4.69, 9.17) is 5.73 Å². The zero-order chi connectivity index (χ0) is 11.9. The van der Waals surface area contributed by atoms with E-state index in [0.717, 1.165) is 23.0 Å². The first-order valence-corrected chi connectivity index (χ1v) is 4.10. The van der Waals surface area contributed by atoms with Gasteiger partial charge in [0.1, 0.15) is 0 Å². The number of nitrogens with two attached hydrogens (primary N) is 1. The lowest BCUT2D eigenvalue weighted by molar-refractivity contribution is -0.142. The van der Waals surface area contributed by atoms with Crippen molar-refractivity contribution in [3.8, 4) is 0 Å². The number of carbonyl (C=O) groups is 1. The van der Waals surface area contributed by atoms with Crippen LogP contribution in [-0.2, 0) is 6.18 Å². The van der Waals surface area contributed by atoms with E-state index >= 15 is 0 Å². The van der Waals surface area contributed by atoms with Crippen molar-refractivity contribution in [2.75, 3.05) is 0 Å². The van der Waals surface area contributed by atoms with Crippen molar-refractivity contribution in [3.63, 3.8) is 0 Å². The fourth-order valence-electron chi connectivity index (χ4n) is 1.35. The van der Waals surface area contributed by atoms with Crippen molar-refractivity contribution in [3.05, 3.63) is 30.0 Å². The van der Waals surface area contributed by atoms with Crippen LogP contribution in [0.3, 0.4) is 0 Å². The number of hydrogen-bond acceptors (Lipinski definition) is 3. The third kappa shape index (κ3) is 1.47. The van der Waals surface area contributed by atoms with Crippen LogP contribution < -0.4 is 5.73 Å². The Morgan fingerprint density at radius 2 is 2.12 bits per heavy atom. The van der Waals surface area contributed by atoms with Gasteiger partial charge in [-0.2, -0.15) is 13.2 Å². The number of primary amides is 1. The van der Waals surface area contributed by atoms with E-state index in [0.29, 0.717) is 0 Å². The second-order valence-corrected chi connectivity index (χ2v) is 2.98. The van der Waals surface area contributed by atoms with Crippen molar-refractivity contribution in [2.45, 2.75) is 6.18 Å². The molecule has 84 valence electrons. The molecular weight excluding hydrogens is 225 g/mol. The Bertz CT molecular complexity index is 560. The van der Waals surface area contributed by atoms with Gasteiger partial charge in [0.2, 0.25) is 0 Å². The Morgan fingerprint density at radius 3 is 2.69 bits per heavy atom. The molecule has 0 aliphatic carbocycles. The van der Waals surface area contributed by atoms with Crippen LogP contribution in [0.5, 0.6) is 0 Å². The van der Waals surface area contributed by atoms with Crippen LogP contribution in [0.4, 0.5) is 13.2 Å². The quantitative estimate of drug-likeness (QED) is 0.789. The molecule has 16 heavy (non-hydrogen) atoms. The van der Waals surface area contributed by atoms with Crippen LogP contribution in [0.25, 0.3) is 5.65 Å². The average Bonchev–Trinajstić information content (AvgIpc) is 2.55. The van der Waals surface area contributed by atoms with Gasteiger partial charge in [-0.05, 0) is 0 Å². The summed E-state index contributed by atoms with van der Waals surface area (Å²) in [6, 6.07) is 0. The Morgan fingerprint density at radius 1 is 1.44 bits per heavy atom. The van der Waals surface area contributed by atoms with Crippen LogP contribution in [-0.4, -0.2) is 20.3 Å². The summed E-state index contributed by atoms with van der Waals surface area (Å²) in [4.78, 5) is 18.0. The van der Waals surface area contributed by atoms with Crippen LogP contribution in [0, 0.1) is 0 Å². The zero-order valence-corrected chi connectivity index (χ0v) is 7.69. The molecular formula is C8H5F3N4O. The molecule has 5 nitrogen and oxygen atoms in total. The number of nitrogens with zero attached hydrogens (tertiary/aromatic N) is 3. The third-order valence-corrected chi connectivity index (χ3v) is 1.93. The molecule has 0 fully saturated rings. The van der Waals surface area contributed by atoms with Gasteiger partial charge in [0.05, 0.1) is 6.20 Å². The molecule has 0 aliphatic heterocycles. The molecule has 0 aliphatic rings. The molecule has 0 radical (unpaired) electrons. The first-order chi connectivity index (χ1) is 7.41. The Balaban J connectivity index is 2.85. The summed E-state index contributed by atoms with van der Waals surface area (Å²) in [5.41, 5.74) is 2.77. The highest BCUT2D eigenvalue weighted by atomic mass is 19.4. The molecule has 2 aromatic heterocycles. The van der Waals surface area contributed by atoms with Gasteiger partial charge in [-0.3, -0.25) is 14.2 Å². The molecule has 8 heteroatoms. The summed E-state index contributed by atoms with van der Waals surface area (Å²) < 4.78 is 38.8. The normalized spacial score (nSPS) is 11.9. The predicted molar refractivity (Wildman–Crippen MR) is 46.5 cm³/mol. The minimum Gasteiger partial charge on any atom is -0.364 e. The van der Waals surface area contributed by atoms with Crippen molar-refractivity contribution in [2.24, 2.45) is 5.73 Å². The van der Waals surface area contributed by atoms with Crippen LogP contribution >= 0.6 is 0 Å². The molecule has 0 unspecified atom stereocenters. The molecule has 0 aromatic carbocycles. The monoisotopic (exact) mass is 230 g/mol. The highest BCUT2D eigenvalue weighted by molar-refractivity contribution is 5.93. The van der Waals surface area contributed by atoms with E-state index in [1.807, 2.05) is 0 Å². The van der Waals surface area contributed by atoms with Gasteiger partial charge in [0.25, 0.3) is 5.91 Å². The number of hydrogen-bond donors (Lipinski definition) is 1. The molecule has 2 heterocycles. The molecule has 0 spiro atoms. The van der Waals surface area contributed by atoms with Crippen LogP contribution in [0.1, 0.15) is 16.2 Å². The lowest BCUT2D eigenvalue weighted by Gasteiger charge is -2.06. The lowest BCUT2D eigenvalue weighted by Crippen LogP contribution is -2.19. The first kappa shape index (κ1) is 10.4. The fraction of sp³-hybridized carbons (Fsp3) is 0.125. The molecule has 2 rings (SSSR count). The maximum Gasteiger partial charge on any atom is 0.434 e. The lowest BCUT2D eigenvalue weighted by atomic mass is 10.3. The maximum absolute atomic E-state index is 12.7. The van der Waals surface area contributed by atoms with Crippen LogP contribution in [0.15, 0.2) is 18.6 Å². The Kier molecular flexibility index (Phi) is 2.07. The highest BCUT2D eigenvalue weighted by Gasteiger charge is 2.39. The van der Waals surface area contributed by atoms with E-state index in [-0.39, 0.29) is 5.65 Å². The molecule has 2 aromatic rings. The van der Waals surface area contributed by atoms with Crippen molar-refractivity contribution < 1.29 is 18.0 Å². The van der Waals surface area contributed by atoms with Crippen molar-refractivity contribution in [1.29, 1.82) is 0 Å². The number of amides is 1. The summed E-state index contributed by atoms with van der Waals surface area (Å²) in [6.07, 6.45) is -1.36. The predicted octanol–water partition coefficient (Wildman–Crippen LogP) is 0.847. The molecule has 0 saturated heterocycles.